The SMILES string of the molecule is CCc1ccc(/C=C(/C#N)C(=O)Nc2nccs2)cc1. The summed E-state index contributed by atoms with van der Waals surface area (Å²) in [4.78, 5) is 15.9. The molecular weight excluding hydrogens is 270 g/mol. The summed E-state index contributed by atoms with van der Waals surface area (Å²) in [5.74, 6) is -0.443. The first-order chi connectivity index (χ1) is 9.72. The number of hydrogen-bond donors (Lipinski definition) is 1. The molecule has 1 aromatic carbocycles. The largest absolute Gasteiger partial charge is 0.297 e. The molecule has 1 aromatic heterocycles. The van der Waals surface area contributed by atoms with Crippen LogP contribution in [-0.2, 0) is 11.2 Å². The third-order valence-corrected chi connectivity index (χ3v) is 3.41. The molecule has 2 rings (SSSR count). The zero-order chi connectivity index (χ0) is 14.4. The first kappa shape index (κ1) is 14.0. The van der Waals surface area contributed by atoms with Gasteiger partial charge in [-0.2, -0.15) is 5.26 Å². The molecule has 0 radical (unpaired) electrons. The molecule has 0 fully saturated rings. The molecule has 1 N–H and O–H groups in total. The van der Waals surface area contributed by atoms with E-state index >= 15 is 0 Å². The molecule has 0 aliphatic rings. The number of nitriles is 1. The molecule has 4 nitrogen and oxygen atoms in total. The van der Waals surface area contributed by atoms with E-state index in [0.29, 0.717) is 5.13 Å². The van der Waals surface area contributed by atoms with Gasteiger partial charge in [0.1, 0.15) is 11.6 Å². The van der Waals surface area contributed by atoms with Crippen molar-refractivity contribution in [3.8, 4) is 6.07 Å². The van der Waals surface area contributed by atoms with Crippen LogP contribution in [0.5, 0.6) is 0 Å². The summed E-state index contributed by atoms with van der Waals surface area (Å²) in [6.45, 7) is 2.08. The summed E-state index contributed by atoms with van der Waals surface area (Å²) >= 11 is 1.31. The van der Waals surface area contributed by atoms with Gasteiger partial charge in [0.2, 0.25) is 0 Å². The molecule has 0 spiro atoms. The van der Waals surface area contributed by atoms with Gasteiger partial charge in [0.15, 0.2) is 5.13 Å². The Kier molecular flexibility index (Phi) is 4.64. The third kappa shape index (κ3) is 3.53. The van der Waals surface area contributed by atoms with E-state index < -0.39 is 5.91 Å². The fourth-order valence-corrected chi connectivity index (χ4v) is 2.14. The van der Waals surface area contributed by atoms with Crippen LogP contribution in [0.4, 0.5) is 5.13 Å². The molecule has 0 aliphatic heterocycles. The van der Waals surface area contributed by atoms with Crippen LogP contribution in [0.25, 0.3) is 6.08 Å². The molecule has 5 heteroatoms. The molecule has 1 amide bonds. The van der Waals surface area contributed by atoms with Crippen LogP contribution in [0, 0.1) is 11.3 Å². The van der Waals surface area contributed by atoms with E-state index in [1.54, 1.807) is 17.7 Å². The third-order valence-electron chi connectivity index (χ3n) is 2.72. The van der Waals surface area contributed by atoms with Crippen LogP contribution in [0.2, 0.25) is 0 Å². The van der Waals surface area contributed by atoms with Gasteiger partial charge < -0.3 is 0 Å². The highest BCUT2D eigenvalue weighted by Crippen LogP contribution is 2.14. The molecule has 1 heterocycles. The Morgan fingerprint density at radius 1 is 1.45 bits per heavy atom. The maximum absolute atomic E-state index is 11.9. The zero-order valence-corrected chi connectivity index (χ0v) is 11.8. The Morgan fingerprint density at radius 3 is 2.75 bits per heavy atom. The molecule has 0 bridgehead atoms. The van der Waals surface area contributed by atoms with Gasteiger partial charge in [0, 0.05) is 11.6 Å². The lowest BCUT2D eigenvalue weighted by molar-refractivity contribution is -0.112. The highest BCUT2D eigenvalue weighted by Gasteiger charge is 2.10. The topological polar surface area (TPSA) is 65.8 Å². The van der Waals surface area contributed by atoms with Crippen LogP contribution in [0.1, 0.15) is 18.1 Å². The van der Waals surface area contributed by atoms with Crippen LogP contribution < -0.4 is 5.32 Å². The van der Waals surface area contributed by atoms with E-state index in [1.165, 1.54) is 16.9 Å². The van der Waals surface area contributed by atoms with Gasteiger partial charge in [-0.3, -0.25) is 10.1 Å². The Bertz CT molecular complexity index is 651. The number of hydrogen-bond acceptors (Lipinski definition) is 4. The monoisotopic (exact) mass is 283 g/mol. The van der Waals surface area contributed by atoms with Crippen molar-refractivity contribution in [1.29, 1.82) is 5.26 Å². The minimum Gasteiger partial charge on any atom is -0.297 e. The summed E-state index contributed by atoms with van der Waals surface area (Å²) in [7, 11) is 0. The number of benzene rings is 1. The number of carbonyl (C=O) groups is 1. The number of rotatable bonds is 4. The lowest BCUT2D eigenvalue weighted by Gasteiger charge is -2.01. The number of anilines is 1. The predicted octanol–water partition coefficient (Wildman–Crippen LogP) is 3.25. The maximum Gasteiger partial charge on any atom is 0.268 e. The minimum absolute atomic E-state index is 0.0597. The molecule has 0 saturated heterocycles. The second-order valence-corrected chi connectivity index (χ2v) is 4.95. The summed E-state index contributed by atoms with van der Waals surface area (Å²) in [5, 5.41) is 13.9. The highest BCUT2D eigenvalue weighted by atomic mass is 32.1. The number of carbonyl (C=O) groups excluding carboxylic acids is 1. The van der Waals surface area contributed by atoms with Crippen LogP contribution in [0.15, 0.2) is 41.4 Å². The molecule has 0 atom stereocenters. The standard InChI is InChI=1S/C15H13N3OS/c1-2-11-3-5-12(6-4-11)9-13(10-16)14(19)18-15-17-7-8-20-15/h3-9H,2H2,1H3,(H,17,18,19)/b13-9-. The van der Waals surface area contributed by atoms with Crippen LogP contribution in [0.3, 0.4) is 0 Å². The van der Waals surface area contributed by atoms with Gasteiger partial charge in [-0.25, -0.2) is 4.98 Å². The molecule has 0 aliphatic carbocycles. The number of aryl methyl sites for hydroxylation is 1. The summed E-state index contributed by atoms with van der Waals surface area (Å²) < 4.78 is 0. The summed E-state index contributed by atoms with van der Waals surface area (Å²) in [5.41, 5.74) is 2.10. The molecular formula is C15H13N3OS. The van der Waals surface area contributed by atoms with Crippen molar-refractivity contribution in [1.82, 2.24) is 4.98 Å². The number of amides is 1. The average molecular weight is 283 g/mol. The number of nitrogens with zero attached hydrogens (tertiary/aromatic N) is 2. The van der Waals surface area contributed by atoms with E-state index in [2.05, 4.69) is 17.2 Å². The van der Waals surface area contributed by atoms with Crippen molar-refractivity contribution in [3.63, 3.8) is 0 Å². The second-order valence-electron chi connectivity index (χ2n) is 4.06. The Balaban J connectivity index is 2.16. The summed E-state index contributed by atoms with van der Waals surface area (Å²) in [6, 6.07) is 9.68. The van der Waals surface area contributed by atoms with Gasteiger partial charge in [-0.1, -0.05) is 31.2 Å². The zero-order valence-electron chi connectivity index (χ0n) is 11.0. The Morgan fingerprint density at radius 2 is 2.20 bits per heavy atom. The van der Waals surface area contributed by atoms with Crippen molar-refractivity contribution in [2.75, 3.05) is 5.32 Å². The Labute approximate surface area is 121 Å². The van der Waals surface area contributed by atoms with E-state index in [1.807, 2.05) is 30.3 Å². The maximum atomic E-state index is 11.9. The second kappa shape index (κ2) is 6.64. The predicted molar refractivity (Wildman–Crippen MR) is 80.2 cm³/mol. The van der Waals surface area contributed by atoms with Crippen molar-refractivity contribution >= 4 is 28.5 Å². The molecule has 0 saturated carbocycles. The quantitative estimate of drug-likeness (QED) is 0.692. The van der Waals surface area contributed by atoms with Gasteiger partial charge in [-0.05, 0) is 23.6 Å². The smallest absolute Gasteiger partial charge is 0.268 e. The van der Waals surface area contributed by atoms with Crippen molar-refractivity contribution < 1.29 is 4.79 Å². The van der Waals surface area contributed by atoms with Crippen molar-refractivity contribution in [2.24, 2.45) is 0 Å². The van der Waals surface area contributed by atoms with Gasteiger partial charge in [0.25, 0.3) is 5.91 Å². The number of thiazole rings is 1. The van der Waals surface area contributed by atoms with Crippen LogP contribution in [-0.4, -0.2) is 10.9 Å². The van der Waals surface area contributed by atoms with E-state index in [4.69, 9.17) is 5.26 Å². The Hall–Kier alpha value is -2.45. The molecule has 100 valence electrons. The van der Waals surface area contributed by atoms with Gasteiger partial charge in [0.05, 0.1) is 0 Å². The van der Waals surface area contributed by atoms with Gasteiger partial charge in [-0.15, -0.1) is 11.3 Å². The average Bonchev–Trinajstić information content (AvgIpc) is 2.98. The van der Waals surface area contributed by atoms with E-state index in [0.717, 1.165) is 12.0 Å². The van der Waals surface area contributed by atoms with Gasteiger partial charge >= 0.3 is 0 Å². The highest BCUT2D eigenvalue weighted by molar-refractivity contribution is 7.13. The van der Waals surface area contributed by atoms with E-state index in [-0.39, 0.29) is 5.57 Å². The number of nitrogens with one attached hydrogen (secondary N) is 1. The van der Waals surface area contributed by atoms with Crippen molar-refractivity contribution in [2.45, 2.75) is 13.3 Å². The fraction of sp³-hybridized carbons (Fsp3) is 0.133. The minimum atomic E-state index is -0.443. The lowest BCUT2D eigenvalue weighted by atomic mass is 10.1. The molecule has 2 aromatic rings. The lowest BCUT2D eigenvalue weighted by Crippen LogP contribution is -2.13. The van der Waals surface area contributed by atoms with Crippen molar-refractivity contribution in [3.05, 3.63) is 52.5 Å². The fourth-order valence-electron chi connectivity index (χ4n) is 1.61. The van der Waals surface area contributed by atoms with Crippen LogP contribution >= 0.6 is 11.3 Å². The molecule has 0 unspecified atom stereocenters. The normalized spacial score (nSPS) is 10.9. The first-order valence-corrected chi connectivity index (χ1v) is 7.02. The summed E-state index contributed by atoms with van der Waals surface area (Å²) in [6.07, 6.45) is 4.13. The van der Waals surface area contributed by atoms with E-state index in [9.17, 15) is 4.79 Å². The molecule has 20 heavy (non-hydrogen) atoms. The first-order valence-electron chi connectivity index (χ1n) is 6.14. The number of aromatic nitrogens is 1.